The molecule has 0 saturated heterocycles. The quantitative estimate of drug-likeness (QED) is 0.134. The lowest BCUT2D eigenvalue weighted by molar-refractivity contribution is 0.488. The molecule has 0 fully saturated rings. The average Bonchev–Trinajstić information content (AvgIpc) is 1.42. The molecule has 0 N–H and O–H groups in total. The molecule has 25 rings (SSSR count). The lowest BCUT2D eigenvalue weighted by Crippen LogP contribution is -2.64. The lowest BCUT2D eigenvalue weighted by atomic mass is 9.30. The largest absolute Gasteiger partial charge is 0.458 e. The third kappa shape index (κ3) is 11.8. The molecule has 0 bridgehead atoms. The Hall–Kier alpha value is -14.9. The highest BCUT2D eigenvalue weighted by molar-refractivity contribution is 7.02. The average molecular weight is 1700 g/mol. The van der Waals surface area contributed by atoms with Crippen molar-refractivity contribution < 1.29 is 4.74 Å². The van der Waals surface area contributed by atoms with Gasteiger partial charge in [-0.05, 0) is 252 Å². The summed E-state index contributed by atoms with van der Waals surface area (Å²) >= 11 is 0. The molecule has 5 nitrogen and oxygen atoms in total. The minimum Gasteiger partial charge on any atom is -0.458 e. The molecule has 632 valence electrons. The number of para-hydroxylation sites is 3. The molecule has 0 amide bonds. The van der Waals surface area contributed by atoms with Crippen LogP contribution in [0.3, 0.4) is 0 Å². The van der Waals surface area contributed by atoms with Crippen LogP contribution in [-0.4, -0.2) is 18.0 Å². The molecule has 0 saturated carbocycles. The van der Waals surface area contributed by atoms with Crippen molar-refractivity contribution in [3.05, 3.63) is 433 Å². The van der Waals surface area contributed by atoms with Gasteiger partial charge in [-0.15, -0.1) is 0 Å². The van der Waals surface area contributed by atoms with E-state index in [4.69, 9.17) is 4.74 Å². The van der Waals surface area contributed by atoms with E-state index in [1.54, 1.807) is 0 Å². The fraction of sp³-hybridized carbons (Fsp3) is 0.136. The SMILES string of the molecule is CC(C)(C)c1cc(-c2ccccc2)c(N2c3ccccc3B3c4cc5c(cc4Oc4cc(-c6cccc7c6C6(c8ccccc8-c8ccccc86)c6ccccc6-7)cc2c43)N(c2c(-c3ccccc3)cc(C(C)(C)C)cc2-c2ccccc2)c2cc(-n3c4ccc(C(C)(C)C)cc4c4cc(C(C)(C)C)ccc43)cc3c2B5c2ccccc2N3c2ccccc2)c(-c2ccccc2)c1. The summed E-state index contributed by atoms with van der Waals surface area (Å²) in [6.07, 6.45) is 0. The minimum absolute atomic E-state index is 0.106. The predicted octanol–water partition coefficient (Wildman–Crippen LogP) is 29.1. The third-order valence-electron chi connectivity index (χ3n) is 29.6. The lowest BCUT2D eigenvalue weighted by Gasteiger charge is -2.46. The number of anilines is 9. The molecule has 1 aromatic heterocycles. The van der Waals surface area contributed by atoms with Gasteiger partial charge in [-0.2, -0.15) is 0 Å². The molecule has 0 atom stereocenters. The molecule has 1 spiro atoms. The molecule has 4 aliphatic heterocycles. The molecule has 19 aromatic rings. The highest BCUT2D eigenvalue weighted by Crippen LogP contribution is 2.66. The van der Waals surface area contributed by atoms with Gasteiger partial charge in [0.1, 0.15) is 11.5 Å². The number of ether oxygens (including phenoxy) is 1. The zero-order valence-corrected chi connectivity index (χ0v) is 76.8. The second-order valence-corrected chi connectivity index (χ2v) is 41.4. The van der Waals surface area contributed by atoms with Crippen LogP contribution < -0.4 is 52.2 Å². The Kier molecular flexibility index (Phi) is 17.4. The summed E-state index contributed by atoms with van der Waals surface area (Å²) in [6, 6.07) is 149. The van der Waals surface area contributed by atoms with Crippen LogP contribution in [0.4, 0.5) is 51.2 Å². The standard InChI is InChI=1S/C125H100B2N4O/c1-121(2,3)82-61-63-106-97(67-82)98-68-83(122(4,5)6)62-64-107(98)129(106)87-73-112-117-113(74-87)131(120-95(79-43-22-15-23-44-79)71-85(124(10,11)12)72-96(120)80-45-24-16-25-46-80)110-76-114-105(75-104(110)126(117)102-57-34-36-59-108(102)128(112)86-47-26-17-27-48-86)127-103-58-35-37-60-109(103)130(119-93(77-39-18-13-19-40-77)69-84(123(7,8)9)70-94(119)78-41-20-14-21-42-78)111-65-81(66-115(132-114)118(111)127)88-52-38-53-92-91-51-30-33-56-101(91)125(116(88)92)99-54-31-28-49-89(99)90-50-29-32-55-100(90)125/h13-76H,1-12H3. The molecule has 132 heavy (non-hydrogen) atoms. The van der Waals surface area contributed by atoms with Crippen molar-refractivity contribution in [1.29, 1.82) is 0 Å². The van der Waals surface area contributed by atoms with Crippen molar-refractivity contribution in [2.24, 2.45) is 0 Å². The Morgan fingerprint density at radius 3 is 1.08 bits per heavy atom. The van der Waals surface area contributed by atoms with E-state index in [1.165, 1.54) is 99.4 Å². The maximum Gasteiger partial charge on any atom is 0.256 e. The molecule has 0 radical (unpaired) electrons. The van der Waals surface area contributed by atoms with E-state index in [0.717, 1.165) is 146 Å². The highest BCUT2D eigenvalue weighted by atomic mass is 16.5. The van der Waals surface area contributed by atoms with Gasteiger partial charge in [-0.3, -0.25) is 0 Å². The molecule has 7 heteroatoms. The monoisotopic (exact) mass is 1690 g/mol. The number of nitrogens with zero attached hydrogens (tertiary/aromatic N) is 4. The smallest absolute Gasteiger partial charge is 0.256 e. The van der Waals surface area contributed by atoms with Crippen molar-refractivity contribution in [2.45, 2.75) is 110 Å². The zero-order chi connectivity index (χ0) is 89.3. The number of fused-ring (bicyclic) bond motifs is 21. The van der Waals surface area contributed by atoms with E-state index >= 15 is 0 Å². The summed E-state index contributed by atoms with van der Waals surface area (Å²) in [6.45, 7) is 27.6. The highest BCUT2D eigenvalue weighted by Gasteiger charge is 2.55. The first-order valence-electron chi connectivity index (χ1n) is 47.0. The Balaban J connectivity index is 0.826. The van der Waals surface area contributed by atoms with Gasteiger partial charge >= 0.3 is 0 Å². The maximum absolute atomic E-state index is 8.55. The van der Waals surface area contributed by atoms with Gasteiger partial charge in [-0.25, -0.2) is 0 Å². The Morgan fingerprint density at radius 2 is 0.614 bits per heavy atom. The van der Waals surface area contributed by atoms with Crippen molar-refractivity contribution in [3.8, 4) is 95.1 Å². The number of hydrogen-bond acceptors (Lipinski definition) is 4. The van der Waals surface area contributed by atoms with Gasteiger partial charge in [0.2, 0.25) is 0 Å². The van der Waals surface area contributed by atoms with Gasteiger partial charge in [0.05, 0.1) is 33.5 Å². The van der Waals surface area contributed by atoms with Crippen LogP contribution in [0.2, 0.25) is 0 Å². The van der Waals surface area contributed by atoms with Gasteiger partial charge in [0.15, 0.2) is 0 Å². The van der Waals surface area contributed by atoms with Crippen LogP contribution in [0.25, 0.3) is 105 Å². The first kappa shape index (κ1) is 79.3. The van der Waals surface area contributed by atoms with Crippen molar-refractivity contribution in [1.82, 2.24) is 4.57 Å². The molecular formula is C125H100B2N4O. The van der Waals surface area contributed by atoms with E-state index < -0.39 is 5.41 Å². The maximum atomic E-state index is 8.55. The van der Waals surface area contributed by atoms with Gasteiger partial charge in [0.25, 0.3) is 13.4 Å². The zero-order valence-electron chi connectivity index (χ0n) is 76.8. The first-order valence-corrected chi connectivity index (χ1v) is 47.0. The first-order chi connectivity index (χ1) is 64.0. The molecule has 5 heterocycles. The van der Waals surface area contributed by atoms with Crippen LogP contribution in [0.15, 0.2) is 388 Å². The van der Waals surface area contributed by atoms with E-state index in [1.807, 2.05) is 0 Å². The molecular weight excluding hydrogens is 1600 g/mol. The fourth-order valence-electron chi connectivity index (χ4n) is 23.3. The van der Waals surface area contributed by atoms with Crippen molar-refractivity contribution in [3.63, 3.8) is 0 Å². The van der Waals surface area contributed by atoms with Crippen LogP contribution >= 0.6 is 0 Å². The normalized spacial score (nSPS) is 14.0. The van der Waals surface area contributed by atoms with Crippen LogP contribution in [-0.2, 0) is 27.1 Å². The topological polar surface area (TPSA) is 23.9 Å². The molecule has 6 aliphatic rings. The van der Waals surface area contributed by atoms with Crippen LogP contribution in [0.5, 0.6) is 11.5 Å². The summed E-state index contributed by atoms with van der Waals surface area (Å²) in [5.41, 5.74) is 45.5. The van der Waals surface area contributed by atoms with E-state index in [0.29, 0.717) is 0 Å². The molecule has 0 unspecified atom stereocenters. The summed E-state index contributed by atoms with van der Waals surface area (Å²) in [5, 5.41) is 2.47. The van der Waals surface area contributed by atoms with E-state index in [-0.39, 0.29) is 35.1 Å². The molecule has 18 aromatic carbocycles. The summed E-state index contributed by atoms with van der Waals surface area (Å²) in [7, 11) is 0. The number of hydrogen-bond donors (Lipinski definition) is 0. The minimum atomic E-state index is -0.668. The van der Waals surface area contributed by atoms with Crippen LogP contribution in [0, 0.1) is 0 Å². The number of rotatable bonds is 9. The number of aromatic nitrogens is 1. The van der Waals surface area contributed by atoms with Crippen molar-refractivity contribution in [2.75, 3.05) is 14.7 Å². The van der Waals surface area contributed by atoms with Crippen molar-refractivity contribution >= 4 is 119 Å². The van der Waals surface area contributed by atoms with Gasteiger partial charge in [-0.1, -0.05) is 368 Å². The second-order valence-electron chi connectivity index (χ2n) is 41.4. The fourth-order valence-corrected chi connectivity index (χ4v) is 23.3. The third-order valence-corrected chi connectivity index (χ3v) is 29.6. The summed E-state index contributed by atoms with van der Waals surface area (Å²) < 4.78 is 11.1. The molecule has 2 aliphatic carbocycles. The van der Waals surface area contributed by atoms with E-state index in [9.17, 15) is 0 Å². The van der Waals surface area contributed by atoms with E-state index in [2.05, 4.69) is 491 Å². The number of benzene rings is 18. The Bertz CT molecular complexity index is 7780. The summed E-state index contributed by atoms with van der Waals surface area (Å²) in [4.78, 5) is 7.98. The second kappa shape index (κ2) is 29.0. The Labute approximate surface area is 775 Å². The van der Waals surface area contributed by atoms with Crippen LogP contribution in [0.1, 0.15) is 128 Å². The Morgan fingerprint density at radius 1 is 0.235 bits per heavy atom. The van der Waals surface area contributed by atoms with Gasteiger partial charge in [0, 0.05) is 78.9 Å². The summed E-state index contributed by atoms with van der Waals surface area (Å²) in [5.74, 6) is 1.62. The van der Waals surface area contributed by atoms with Gasteiger partial charge < -0.3 is 24.0 Å². The predicted molar refractivity (Wildman–Crippen MR) is 559 cm³/mol.